The van der Waals surface area contributed by atoms with Crippen LogP contribution < -0.4 is 10.2 Å². The van der Waals surface area contributed by atoms with Crippen LogP contribution in [0.2, 0.25) is 0 Å². The summed E-state index contributed by atoms with van der Waals surface area (Å²) in [5.74, 6) is 0.339. The van der Waals surface area contributed by atoms with E-state index in [1.807, 2.05) is 38.1 Å². The first-order valence-corrected chi connectivity index (χ1v) is 8.73. The number of halogens is 1. The van der Waals surface area contributed by atoms with Gasteiger partial charge in [-0.05, 0) is 56.7 Å². The molecule has 0 aliphatic heterocycles. The molecule has 0 saturated heterocycles. The molecule has 0 unspecified atom stereocenters. The number of hydrogen-bond donors (Lipinski definition) is 1. The van der Waals surface area contributed by atoms with Crippen molar-refractivity contribution in [1.29, 1.82) is 0 Å². The Balaban J connectivity index is 1.91. The van der Waals surface area contributed by atoms with E-state index in [4.69, 9.17) is 0 Å². The monoisotopic (exact) mass is 364 g/mol. The highest BCUT2D eigenvalue weighted by molar-refractivity contribution is 6.05. The first kappa shape index (κ1) is 18.5. The van der Waals surface area contributed by atoms with Crippen molar-refractivity contribution < 1.29 is 9.18 Å². The number of aryl methyl sites for hydroxylation is 2. The molecule has 0 spiro atoms. The van der Waals surface area contributed by atoms with Crippen LogP contribution in [0.4, 0.5) is 21.6 Å². The number of nitrogens with zero attached hydrogens (tertiary/aromatic N) is 3. The van der Waals surface area contributed by atoms with Crippen molar-refractivity contribution in [1.82, 2.24) is 9.97 Å². The Kier molecular flexibility index (Phi) is 5.45. The molecule has 3 rings (SSSR count). The molecule has 0 radical (unpaired) electrons. The van der Waals surface area contributed by atoms with Crippen LogP contribution in [0.3, 0.4) is 0 Å². The number of amides is 1. The van der Waals surface area contributed by atoms with Crippen molar-refractivity contribution in [3.63, 3.8) is 0 Å². The molecule has 0 bridgehead atoms. The van der Waals surface area contributed by atoms with Crippen molar-refractivity contribution in [2.45, 2.75) is 20.8 Å². The minimum Gasteiger partial charge on any atom is -0.340 e. The van der Waals surface area contributed by atoms with Crippen LogP contribution >= 0.6 is 0 Å². The molecule has 2 aromatic carbocycles. The summed E-state index contributed by atoms with van der Waals surface area (Å²) in [7, 11) is 0. The molecule has 1 amide bonds. The third-order valence-corrected chi connectivity index (χ3v) is 4.03. The van der Waals surface area contributed by atoms with Crippen LogP contribution in [-0.4, -0.2) is 22.4 Å². The van der Waals surface area contributed by atoms with Gasteiger partial charge < -0.3 is 10.2 Å². The minimum absolute atomic E-state index is 0.212. The van der Waals surface area contributed by atoms with Gasteiger partial charge in [0.25, 0.3) is 5.91 Å². The van der Waals surface area contributed by atoms with Crippen LogP contribution in [0.1, 0.15) is 28.8 Å². The summed E-state index contributed by atoms with van der Waals surface area (Å²) in [5, 5.41) is 3.02. The summed E-state index contributed by atoms with van der Waals surface area (Å²) >= 11 is 0. The van der Waals surface area contributed by atoms with Crippen LogP contribution in [0.25, 0.3) is 0 Å². The summed E-state index contributed by atoms with van der Waals surface area (Å²) < 4.78 is 13.4. The van der Waals surface area contributed by atoms with Gasteiger partial charge in [-0.3, -0.25) is 4.79 Å². The quantitative estimate of drug-likeness (QED) is 0.716. The highest BCUT2D eigenvalue weighted by Gasteiger charge is 2.19. The van der Waals surface area contributed by atoms with Crippen molar-refractivity contribution in [3.05, 3.63) is 77.5 Å². The van der Waals surface area contributed by atoms with E-state index in [1.54, 1.807) is 30.0 Å². The second kappa shape index (κ2) is 7.95. The van der Waals surface area contributed by atoms with Gasteiger partial charge in [-0.2, -0.15) is 0 Å². The first-order valence-electron chi connectivity index (χ1n) is 8.73. The smallest absolute Gasteiger partial charge is 0.277 e. The number of rotatable bonds is 5. The third-order valence-electron chi connectivity index (χ3n) is 4.03. The summed E-state index contributed by atoms with van der Waals surface area (Å²) in [5.41, 5.74) is 2.73. The fraction of sp³-hybridized carbons (Fsp3) is 0.190. The molecule has 1 heterocycles. The van der Waals surface area contributed by atoms with Crippen molar-refractivity contribution in [3.8, 4) is 0 Å². The third kappa shape index (κ3) is 4.47. The van der Waals surface area contributed by atoms with Crippen molar-refractivity contribution in [2.24, 2.45) is 0 Å². The molecule has 0 aliphatic carbocycles. The maximum absolute atomic E-state index is 13.4. The Labute approximate surface area is 157 Å². The van der Waals surface area contributed by atoms with Crippen molar-refractivity contribution >= 4 is 23.1 Å². The molecule has 0 saturated carbocycles. The molecule has 1 N–H and O–H groups in total. The number of carbonyl (C=O) groups excluding carboxylic acids is 1. The molecule has 5 nitrogen and oxygen atoms in total. The van der Waals surface area contributed by atoms with Gasteiger partial charge in [0.1, 0.15) is 23.2 Å². The first-order chi connectivity index (χ1) is 13.0. The number of anilines is 3. The van der Waals surface area contributed by atoms with Crippen LogP contribution in [0.15, 0.2) is 54.6 Å². The zero-order valence-corrected chi connectivity index (χ0v) is 15.5. The predicted octanol–water partition coefficient (Wildman–Crippen LogP) is 4.64. The molecule has 138 valence electrons. The number of carbonyl (C=O) groups is 1. The molecule has 0 fully saturated rings. The molecule has 3 aromatic rings. The second-order valence-electron chi connectivity index (χ2n) is 6.21. The highest BCUT2D eigenvalue weighted by Crippen LogP contribution is 2.20. The van der Waals surface area contributed by atoms with E-state index >= 15 is 0 Å². The average molecular weight is 364 g/mol. The Morgan fingerprint density at radius 2 is 1.85 bits per heavy atom. The van der Waals surface area contributed by atoms with E-state index in [0.717, 1.165) is 11.3 Å². The van der Waals surface area contributed by atoms with E-state index in [2.05, 4.69) is 15.3 Å². The predicted molar refractivity (Wildman–Crippen MR) is 105 cm³/mol. The second-order valence-corrected chi connectivity index (χ2v) is 6.21. The molecule has 1 aromatic heterocycles. The SMILES string of the molecule is CCN(C(=O)c1cc(Nc2cccc(F)c2)nc(C)n1)c1cccc(C)c1. The Morgan fingerprint density at radius 1 is 1.07 bits per heavy atom. The van der Waals surface area contributed by atoms with Crippen LogP contribution in [0, 0.1) is 19.7 Å². The zero-order chi connectivity index (χ0) is 19.4. The van der Waals surface area contributed by atoms with E-state index in [0.29, 0.717) is 23.9 Å². The minimum atomic E-state index is -0.348. The summed E-state index contributed by atoms with van der Waals surface area (Å²) in [4.78, 5) is 23.3. The molecule has 27 heavy (non-hydrogen) atoms. The Morgan fingerprint density at radius 3 is 2.56 bits per heavy atom. The average Bonchev–Trinajstić information content (AvgIpc) is 2.62. The zero-order valence-electron chi connectivity index (χ0n) is 15.5. The molecule has 0 atom stereocenters. The lowest BCUT2D eigenvalue weighted by Gasteiger charge is -2.21. The standard InChI is InChI=1S/C21H21FN4O/c1-4-26(18-10-5-7-14(2)11-18)21(27)19-13-20(24-15(3)23-19)25-17-9-6-8-16(22)12-17/h5-13H,4H2,1-3H3,(H,23,24,25). The van der Waals surface area contributed by atoms with E-state index < -0.39 is 0 Å². The number of nitrogens with one attached hydrogen (secondary N) is 1. The lowest BCUT2D eigenvalue weighted by atomic mass is 10.2. The normalized spacial score (nSPS) is 10.5. The van der Waals surface area contributed by atoms with Crippen molar-refractivity contribution in [2.75, 3.05) is 16.8 Å². The van der Waals surface area contributed by atoms with Gasteiger partial charge in [0, 0.05) is 24.0 Å². The van der Waals surface area contributed by atoms with Gasteiger partial charge in [-0.25, -0.2) is 14.4 Å². The van der Waals surface area contributed by atoms with Gasteiger partial charge >= 0.3 is 0 Å². The lowest BCUT2D eigenvalue weighted by molar-refractivity contribution is 0.0983. The Hall–Kier alpha value is -3.28. The number of aromatic nitrogens is 2. The van der Waals surface area contributed by atoms with Gasteiger partial charge in [0.05, 0.1) is 0 Å². The van der Waals surface area contributed by atoms with E-state index in [-0.39, 0.29) is 17.4 Å². The van der Waals surface area contributed by atoms with Gasteiger partial charge in [-0.1, -0.05) is 18.2 Å². The van der Waals surface area contributed by atoms with Gasteiger partial charge in [0.15, 0.2) is 0 Å². The largest absolute Gasteiger partial charge is 0.340 e. The van der Waals surface area contributed by atoms with Gasteiger partial charge in [0.2, 0.25) is 0 Å². The maximum atomic E-state index is 13.4. The fourth-order valence-electron chi connectivity index (χ4n) is 2.83. The summed E-state index contributed by atoms with van der Waals surface area (Å²) in [6.45, 7) is 6.13. The maximum Gasteiger partial charge on any atom is 0.277 e. The molecular formula is C21H21FN4O. The van der Waals surface area contributed by atoms with E-state index in [9.17, 15) is 9.18 Å². The number of hydrogen-bond acceptors (Lipinski definition) is 4. The fourth-order valence-corrected chi connectivity index (χ4v) is 2.83. The molecular weight excluding hydrogens is 343 g/mol. The van der Waals surface area contributed by atoms with Crippen LogP contribution in [-0.2, 0) is 0 Å². The topological polar surface area (TPSA) is 58.1 Å². The van der Waals surface area contributed by atoms with E-state index in [1.165, 1.54) is 12.1 Å². The summed E-state index contributed by atoms with van der Waals surface area (Å²) in [6, 6.07) is 15.4. The summed E-state index contributed by atoms with van der Waals surface area (Å²) in [6.07, 6.45) is 0. The highest BCUT2D eigenvalue weighted by atomic mass is 19.1. The van der Waals surface area contributed by atoms with Gasteiger partial charge in [-0.15, -0.1) is 0 Å². The molecule has 0 aliphatic rings. The molecule has 6 heteroatoms. The van der Waals surface area contributed by atoms with Crippen LogP contribution in [0.5, 0.6) is 0 Å². The Bertz CT molecular complexity index is 974. The lowest BCUT2D eigenvalue weighted by Crippen LogP contribution is -2.31. The number of benzene rings is 2.